The largest absolute Gasteiger partial charge is 0.405 e. The minimum absolute atomic E-state index is 0.0542. The van der Waals surface area contributed by atoms with E-state index in [4.69, 9.17) is 51.8 Å². The van der Waals surface area contributed by atoms with Crippen LogP contribution in [0, 0.1) is 0 Å². The quantitative estimate of drug-likeness (QED) is 0.0766. The Hall–Kier alpha value is -1.78. The molecule has 2 rings (SSSR count). The molecule has 0 fully saturated rings. The summed E-state index contributed by atoms with van der Waals surface area (Å²) < 4.78 is 62.3. The summed E-state index contributed by atoms with van der Waals surface area (Å²) in [5.41, 5.74) is 0. The third-order valence-corrected chi connectivity index (χ3v) is 12.7. The van der Waals surface area contributed by atoms with Crippen molar-refractivity contribution in [2.75, 3.05) is 132 Å². The number of hydrogen-bond donors (Lipinski definition) is 0. The molecule has 51 heavy (non-hydrogen) atoms. The van der Waals surface area contributed by atoms with Crippen molar-refractivity contribution in [3.8, 4) is 0 Å². The van der Waals surface area contributed by atoms with Gasteiger partial charge in [-0.3, -0.25) is 0 Å². The Morgan fingerprint density at radius 1 is 0.392 bits per heavy atom. The molecule has 0 atom stereocenters. The van der Waals surface area contributed by atoms with Crippen LogP contribution in [0.2, 0.25) is 5.04 Å². The van der Waals surface area contributed by atoms with Gasteiger partial charge in [0.05, 0.1) is 138 Å². The molecule has 0 radical (unpaired) electrons. The van der Waals surface area contributed by atoms with E-state index in [-0.39, 0.29) is 11.1 Å². The van der Waals surface area contributed by atoms with Crippen molar-refractivity contribution in [1.82, 2.24) is 0 Å². The third-order valence-electron chi connectivity index (χ3n) is 7.62. The fourth-order valence-corrected chi connectivity index (χ4v) is 9.76. The lowest BCUT2D eigenvalue weighted by Crippen LogP contribution is -2.66. The van der Waals surface area contributed by atoms with Gasteiger partial charge in [0.1, 0.15) is 0 Å². The van der Waals surface area contributed by atoms with Gasteiger partial charge in [0, 0.05) is 0 Å². The molecule has 0 unspecified atom stereocenters. The van der Waals surface area contributed by atoms with E-state index in [1.165, 1.54) is 10.4 Å². The average molecular weight is 739 g/mol. The molecular weight excluding hydrogens is 673 g/mol. The molecule has 0 aromatic heterocycles. The van der Waals surface area contributed by atoms with Crippen LogP contribution in [-0.4, -0.2) is 147 Å². The zero-order valence-corrected chi connectivity index (χ0v) is 33.0. The van der Waals surface area contributed by atoms with Gasteiger partial charge < -0.3 is 51.8 Å². The molecule has 292 valence electrons. The Kier molecular flexibility index (Phi) is 26.4. The van der Waals surface area contributed by atoms with Crippen molar-refractivity contribution < 1.29 is 51.8 Å². The molecule has 0 saturated heterocycles. The molecule has 2 aromatic rings. The van der Waals surface area contributed by atoms with E-state index in [0.29, 0.717) is 132 Å². The van der Waals surface area contributed by atoms with Crippen molar-refractivity contribution in [2.24, 2.45) is 0 Å². The van der Waals surface area contributed by atoms with Crippen molar-refractivity contribution in [3.63, 3.8) is 0 Å². The molecule has 12 heteroatoms. The van der Waals surface area contributed by atoms with Gasteiger partial charge in [0.15, 0.2) is 0 Å². The maximum atomic E-state index is 6.85. The Balaban J connectivity index is 1.33. The molecule has 11 nitrogen and oxygen atoms in total. The topological polar surface area (TPSA) is 102 Å². The van der Waals surface area contributed by atoms with E-state index in [0.717, 1.165) is 0 Å². The summed E-state index contributed by atoms with van der Waals surface area (Å²) in [7, 11) is -2.54. The van der Waals surface area contributed by atoms with E-state index >= 15 is 0 Å². The second-order valence-electron chi connectivity index (χ2n) is 12.9. The summed E-state index contributed by atoms with van der Waals surface area (Å²) in [5, 5.41) is 2.48. The van der Waals surface area contributed by atoms with E-state index in [1.807, 2.05) is 13.8 Å². The summed E-state index contributed by atoms with van der Waals surface area (Å²) in [4.78, 5) is 0. The maximum absolute atomic E-state index is 6.85. The molecule has 0 aliphatic carbocycles. The van der Waals surface area contributed by atoms with Crippen LogP contribution in [0.15, 0.2) is 60.7 Å². The number of rotatable bonds is 34. The van der Waals surface area contributed by atoms with Gasteiger partial charge in [0.25, 0.3) is 8.32 Å². The normalized spacial score (nSPS) is 12.3. The van der Waals surface area contributed by atoms with Crippen molar-refractivity contribution in [1.29, 1.82) is 0 Å². The molecule has 0 aliphatic heterocycles. The van der Waals surface area contributed by atoms with Crippen LogP contribution in [0.4, 0.5) is 0 Å². The van der Waals surface area contributed by atoms with Crippen molar-refractivity contribution in [2.45, 2.75) is 45.8 Å². The molecule has 2 aromatic carbocycles. The highest BCUT2D eigenvalue weighted by Gasteiger charge is 2.50. The molecule has 0 N–H and O–H groups in total. The Labute approximate surface area is 308 Å². The lowest BCUT2D eigenvalue weighted by Gasteiger charge is -2.43. The monoisotopic (exact) mass is 738 g/mol. The summed E-state index contributed by atoms with van der Waals surface area (Å²) >= 11 is 0. The minimum atomic E-state index is -2.54. The molecule has 0 heterocycles. The average Bonchev–Trinajstić information content (AvgIpc) is 3.12. The van der Waals surface area contributed by atoms with Crippen LogP contribution >= 0.6 is 0 Å². The van der Waals surface area contributed by atoms with Gasteiger partial charge in [-0.25, -0.2) is 0 Å². The van der Waals surface area contributed by atoms with Crippen molar-refractivity contribution in [3.05, 3.63) is 60.7 Å². The molecule has 0 bridgehead atoms. The highest BCUT2D eigenvalue weighted by molar-refractivity contribution is 6.99. The predicted octanol–water partition coefficient (Wildman–Crippen LogP) is 4.14. The second kappa shape index (κ2) is 29.6. The zero-order chi connectivity index (χ0) is 36.7. The van der Waals surface area contributed by atoms with Crippen LogP contribution in [0.1, 0.15) is 34.6 Å². The highest BCUT2D eigenvalue weighted by atomic mass is 28.4. The summed E-state index contributed by atoms with van der Waals surface area (Å²) in [6.45, 7) is 21.4. The maximum Gasteiger partial charge on any atom is 0.261 e. The van der Waals surface area contributed by atoms with Crippen LogP contribution in [0.3, 0.4) is 0 Å². The summed E-state index contributed by atoms with van der Waals surface area (Å²) in [6.07, 6.45) is 0.230. The van der Waals surface area contributed by atoms with Gasteiger partial charge in [0.2, 0.25) is 0 Å². The van der Waals surface area contributed by atoms with E-state index in [9.17, 15) is 0 Å². The first-order valence-corrected chi connectivity index (χ1v) is 20.3. The van der Waals surface area contributed by atoms with E-state index < -0.39 is 8.32 Å². The standard InChI is InChI=1S/C39H66O11Si/c1-36(2)49-34-32-47-30-28-45-26-24-43-22-20-41-18-16-40-17-19-42-21-23-44-25-27-46-29-31-48-33-35-50-51(39(3,4)5,37-12-8-6-9-13-37)38-14-10-7-11-15-38/h6-15,36H,16-35H2,1-5H3. The SMILES string of the molecule is CC(C)OCCOCCOCCOCCOCCOCCOCCOCCOCCOCCO[Si](c1ccccc1)(c1ccccc1)C(C)(C)C. The molecule has 0 saturated carbocycles. The fourth-order valence-electron chi connectivity index (χ4n) is 5.22. The molecular formula is C39H66O11Si. The predicted molar refractivity (Wildman–Crippen MR) is 202 cm³/mol. The number of benzene rings is 2. The van der Waals surface area contributed by atoms with Crippen LogP contribution in [0.25, 0.3) is 0 Å². The second-order valence-corrected chi connectivity index (χ2v) is 17.2. The Bertz CT molecular complexity index is 1000. The molecule has 0 amide bonds. The first kappa shape index (κ1) is 45.4. The van der Waals surface area contributed by atoms with Gasteiger partial charge in [-0.1, -0.05) is 81.4 Å². The van der Waals surface area contributed by atoms with Gasteiger partial charge in [-0.2, -0.15) is 0 Å². The first-order valence-electron chi connectivity index (χ1n) is 18.4. The van der Waals surface area contributed by atoms with Crippen LogP contribution < -0.4 is 10.4 Å². The summed E-state index contributed by atoms with van der Waals surface area (Å²) in [5.74, 6) is 0. The Morgan fingerprint density at radius 2 is 0.647 bits per heavy atom. The van der Waals surface area contributed by atoms with Gasteiger partial charge in [-0.05, 0) is 29.3 Å². The fraction of sp³-hybridized carbons (Fsp3) is 0.692. The molecule has 0 aliphatic rings. The number of ether oxygens (including phenoxy) is 10. The van der Waals surface area contributed by atoms with E-state index in [1.54, 1.807) is 0 Å². The Morgan fingerprint density at radius 3 is 0.902 bits per heavy atom. The third kappa shape index (κ3) is 20.9. The van der Waals surface area contributed by atoms with Gasteiger partial charge >= 0.3 is 0 Å². The lowest BCUT2D eigenvalue weighted by molar-refractivity contribution is -0.0281. The van der Waals surface area contributed by atoms with Gasteiger partial charge in [-0.15, -0.1) is 0 Å². The zero-order valence-electron chi connectivity index (χ0n) is 32.0. The first-order chi connectivity index (χ1) is 24.9. The highest BCUT2D eigenvalue weighted by Crippen LogP contribution is 2.36. The van der Waals surface area contributed by atoms with Crippen molar-refractivity contribution >= 4 is 18.7 Å². The summed E-state index contributed by atoms with van der Waals surface area (Å²) in [6, 6.07) is 21.3. The number of hydrogen-bond acceptors (Lipinski definition) is 11. The minimum Gasteiger partial charge on any atom is -0.405 e. The molecule has 0 spiro atoms. The van der Waals surface area contributed by atoms with Crippen LogP contribution in [0.5, 0.6) is 0 Å². The lowest BCUT2D eigenvalue weighted by atomic mass is 10.2. The van der Waals surface area contributed by atoms with Crippen LogP contribution in [-0.2, 0) is 51.8 Å². The smallest absolute Gasteiger partial charge is 0.261 e. The van der Waals surface area contributed by atoms with E-state index in [2.05, 4.69) is 81.4 Å².